The van der Waals surface area contributed by atoms with Crippen LogP contribution in [0.4, 0.5) is 11.4 Å². The van der Waals surface area contributed by atoms with Gasteiger partial charge in [-0.3, -0.25) is 0 Å². The number of hydrogen-bond donors (Lipinski definition) is 1. The number of nitrogens with one attached hydrogen (secondary N) is 1. The molecule has 0 bridgehead atoms. The molecular weight excluding hydrogens is 342 g/mol. The first-order valence-corrected chi connectivity index (χ1v) is 9.21. The fraction of sp³-hybridized carbons (Fsp3) is 0.176. The predicted molar refractivity (Wildman–Crippen MR) is 99.2 cm³/mol. The van der Waals surface area contributed by atoms with Gasteiger partial charge in [0.1, 0.15) is 0 Å². The lowest BCUT2D eigenvalue weighted by atomic mass is 10.3. The van der Waals surface area contributed by atoms with Crippen LogP contribution in [0.15, 0.2) is 64.6 Å². The Balaban J connectivity index is 1.73. The Bertz CT molecular complexity index is 785. The molecule has 0 aliphatic carbocycles. The number of benzene rings is 2. The van der Waals surface area contributed by atoms with Crippen LogP contribution in [0.3, 0.4) is 0 Å². The highest BCUT2D eigenvalue weighted by Crippen LogP contribution is 2.56. The molecule has 0 fully saturated rings. The Morgan fingerprint density at radius 3 is 2.67 bits per heavy atom. The summed E-state index contributed by atoms with van der Waals surface area (Å²) in [5, 5.41) is 10.3. The molecule has 0 unspecified atom stereocenters. The van der Waals surface area contributed by atoms with Crippen LogP contribution >= 0.6 is 23.5 Å². The Labute approximate surface area is 148 Å². The van der Waals surface area contributed by atoms with Gasteiger partial charge in [-0.05, 0) is 43.0 Å². The van der Waals surface area contributed by atoms with E-state index in [1.54, 1.807) is 18.7 Å². The number of fused-ring (bicyclic) bond motifs is 1. The number of ether oxygens (including phenoxy) is 1. The fourth-order valence-corrected chi connectivity index (χ4v) is 5.23. The lowest BCUT2D eigenvalue weighted by molar-refractivity contribution is -0.134. The second-order valence-electron chi connectivity index (χ2n) is 5.18. The molecule has 2 aliphatic heterocycles. The molecule has 1 N–H and O–H groups in total. The third-order valence-electron chi connectivity index (χ3n) is 3.58. The zero-order chi connectivity index (χ0) is 16.6. The molecule has 0 aromatic heterocycles. The van der Waals surface area contributed by atoms with Gasteiger partial charge in [-0.15, -0.1) is 0 Å². The number of carbonyl (C=O) groups excluding carboxylic acids is 1. The van der Waals surface area contributed by atoms with Crippen LogP contribution in [0.25, 0.3) is 0 Å². The minimum atomic E-state index is -0.618. The molecular formula is C17H15N3O2S2. The summed E-state index contributed by atoms with van der Waals surface area (Å²) in [4.78, 5) is 13.3. The summed E-state index contributed by atoms with van der Waals surface area (Å²) in [6.07, 6.45) is 0. The molecule has 2 aromatic rings. The standard InChI is InChI=1S/C17H15N3O2S2/c1-2-22-16(21)15-19-20(12-8-4-3-5-9-12)17(24-15)18-13-10-6-7-11-14(13)23-17/h3-11,18H,2H2,1H3/t17-/m0/s1. The molecule has 1 atom stereocenters. The molecule has 7 heteroatoms. The van der Waals surface area contributed by atoms with E-state index >= 15 is 0 Å². The van der Waals surface area contributed by atoms with Crippen LogP contribution in [0, 0.1) is 0 Å². The number of anilines is 2. The molecule has 122 valence electrons. The van der Waals surface area contributed by atoms with Gasteiger partial charge in [0, 0.05) is 4.90 Å². The highest BCUT2D eigenvalue weighted by atomic mass is 32.2. The first kappa shape index (κ1) is 15.4. The second-order valence-corrected chi connectivity index (χ2v) is 7.85. The Morgan fingerprint density at radius 2 is 1.92 bits per heavy atom. The molecule has 24 heavy (non-hydrogen) atoms. The molecule has 2 aliphatic rings. The van der Waals surface area contributed by atoms with Crippen molar-refractivity contribution >= 4 is 45.9 Å². The lowest BCUT2D eigenvalue weighted by Gasteiger charge is -2.32. The number of nitrogens with zero attached hydrogens (tertiary/aromatic N) is 2. The first-order valence-electron chi connectivity index (χ1n) is 7.58. The normalized spacial score (nSPS) is 21.4. The van der Waals surface area contributed by atoms with Crippen LogP contribution in [0.1, 0.15) is 6.92 Å². The van der Waals surface area contributed by atoms with Crippen molar-refractivity contribution in [3.05, 3.63) is 54.6 Å². The van der Waals surface area contributed by atoms with Crippen LogP contribution in [-0.4, -0.2) is 21.9 Å². The molecule has 0 saturated carbocycles. The van der Waals surface area contributed by atoms with Crippen LogP contribution in [0.2, 0.25) is 0 Å². The van der Waals surface area contributed by atoms with Crippen LogP contribution < -0.4 is 10.3 Å². The maximum absolute atomic E-state index is 12.2. The van der Waals surface area contributed by atoms with Crippen molar-refractivity contribution in [2.75, 3.05) is 16.9 Å². The van der Waals surface area contributed by atoms with Gasteiger partial charge in [-0.25, -0.2) is 9.80 Å². The molecule has 2 aromatic carbocycles. The van der Waals surface area contributed by atoms with Crippen molar-refractivity contribution in [3.63, 3.8) is 0 Å². The monoisotopic (exact) mass is 357 g/mol. The van der Waals surface area contributed by atoms with Crippen molar-refractivity contribution < 1.29 is 9.53 Å². The summed E-state index contributed by atoms with van der Waals surface area (Å²) in [6.45, 7) is 2.12. The van der Waals surface area contributed by atoms with Crippen molar-refractivity contribution in [2.45, 2.75) is 16.1 Å². The maximum atomic E-state index is 12.2. The fourth-order valence-electron chi connectivity index (χ4n) is 2.57. The number of esters is 1. The number of hydrogen-bond acceptors (Lipinski definition) is 7. The average Bonchev–Trinajstić information content (AvgIpc) is 3.16. The SMILES string of the molecule is CCOC(=O)C1=NN(c2ccccc2)[C@]2(Nc3ccccc3S2)S1. The van der Waals surface area contributed by atoms with E-state index < -0.39 is 10.3 Å². The summed E-state index contributed by atoms with van der Waals surface area (Å²) >= 11 is 3.03. The van der Waals surface area contributed by atoms with Crippen molar-refractivity contribution in [1.29, 1.82) is 0 Å². The molecule has 0 saturated heterocycles. The van der Waals surface area contributed by atoms with Gasteiger partial charge < -0.3 is 10.1 Å². The smallest absolute Gasteiger partial charge is 0.365 e. The molecule has 2 heterocycles. The quantitative estimate of drug-likeness (QED) is 0.840. The van der Waals surface area contributed by atoms with E-state index in [1.807, 2.05) is 53.5 Å². The lowest BCUT2D eigenvalue weighted by Crippen LogP contribution is -2.41. The Morgan fingerprint density at radius 1 is 1.17 bits per heavy atom. The summed E-state index contributed by atoms with van der Waals surface area (Å²) in [5.41, 5.74) is 1.95. The molecule has 5 nitrogen and oxygen atoms in total. The minimum absolute atomic E-state index is 0.331. The highest BCUT2D eigenvalue weighted by Gasteiger charge is 2.51. The summed E-state index contributed by atoms with van der Waals surface area (Å²) in [5.74, 6) is -0.390. The summed E-state index contributed by atoms with van der Waals surface area (Å²) in [7, 11) is 0. The van der Waals surface area contributed by atoms with E-state index in [4.69, 9.17) is 4.74 Å². The molecule has 1 spiro atoms. The van der Waals surface area contributed by atoms with E-state index in [1.165, 1.54) is 11.8 Å². The predicted octanol–water partition coefficient (Wildman–Crippen LogP) is 3.95. The molecule has 0 radical (unpaired) electrons. The highest BCUT2D eigenvalue weighted by molar-refractivity contribution is 8.27. The van der Waals surface area contributed by atoms with Gasteiger partial charge >= 0.3 is 5.97 Å². The zero-order valence-electron chi connectivity index (χ0n) is 12.9. The van der Waals surface area contributed by atoms with Gasteiger partial charge in [-0.2, -0.15) is 5.10 Å². The van der Waals surface area contributed by atoms with Gasteiger partial charge in [0.05, 0.1) is 18.0 Å². The Hall–Kier alpha value is -2.12. The largest absolute Gasteiger partial charge is 0.461 e. The zero-order valence-corrected chi connectivity index (χ0v) is 14.6. The van der Waals surface area contributed by atoms with E-state index in [2.05, 4.69) is 16.5 Å². The third kappa shape index (κ3) is 2.53. The maximum Gasteiger partial charge on any atom is 0.365 e. The van der Waals surface area contributed by atoms with Gasteiger partial charge in [0.25, 0.3) is 0 Å². The molecule has 4 rings (SSSR count). The van der Waals surface area contributed by atoms with Crippen LogP contribution in [0.5, 0.6) is 0 Å². The van der Waals surface area contributed by atoms with E-state index in [-0.39, 0.29) is 0 Å². The Kier molecular flexibility index (Phi) is 3.90. The van der Waals surface area contributed by atoms with E-state index in [0.717, 1.165) is 16.3 Å². The average molecular weight is 357 g/mol. The number of carbonyl (C=O) groups is 1. The number of hydrazone groups is 1. The number of para-hydroxylation sites is 2. The van der Waals surface area contributed by atoms with Crippen LogP contribution in [-0.2, 0) is 9.53 Å². The first-order chi connectivity index (χ1) is 11.7. The second kappa shape index (κ2) is 6.07. The third-order valence-corrected chi connectivity index (χ3v) is 6.20. The van der Waals surface area contributed by atoms with E-state index in [0.29, 0.717) is 11.7 Å². The van der Waals surface area contributed by atoms with Gasteiger partial charge in [-0.1, -0.05) is 42.1 Å². The van der Waals surface area contributed by atoms with Gasteiger partial charge in [0.2, 0.25) is 9.37 Å². The summed E-state index contributed by atoms with van der Waals surface area (Å²) in [6, 6.07) is 17.9. The minimum Gasteiger partial charge on any atom is -0.461 e. The van der Waals surface area contributed by atoms with Crippen molar-refractivity contribution in [2.24, 2.45) is 5.10 Å². The topological polar surface area (TPSA) is 53.9 Å². The number of thioether (sulfide) groups is 2. The summed E-state index contributed by atoms with van der Waals surface area (Å²) < 4.78 is 4.52. The number of rotatable bonds is 3. The van der Waals surface area contributed by atoms with Gasteiger partial charge in [0.15, 0.2) is 0 Å². The van der Waals surface area contributed by atoms with Crippen molar-refractivity contribution in [1.82, 2.24) is 0 Å². The van der Waals surface area contributed by atoms with Crippen molar-refractivity contribution in [3.8, 4) is 0 Å². The van der Waals surface area contributed by atoms with E-state index in [9.17, 15) is 4.79 Å². The molecule has 0 amide bonds.